The predicted octanol–water partition coefficient (Wildman–Crippen LogP) is 0.399. The molecule has 0 fully saturated rings. The fraction of sp³-hybridized carbons (Fsp3) is 0.714. The summed E-state index contributed by atoms with van der Waals surface area (Å²) in [6, 6.07) is 0. The van der Waals surface area contributed by atoms with Crippen LogP contribution in [-0.4, -0.2) is 18.1 Å². The molecule has 0 saturated heterocycles. The van der Waals surface area contributed by atoms with Crippen LogP contribution in [0.2, 0.25) is 0 Å². The minimum absolute atomic E-state index is 0.0665. The number of nitrogens with one attached hydrogen (secondary N) is 1. The Morgan fingerprint density at radius 3 is 2.55 bits per heavy atom. The molecule has 4 heteroatoms. The highest BCUT2D eigenvalue weighted by Gasteiger charge is 2.11. The Labute approximate surface area is 66.1 Å². The van der Waals surface area contributed by atoms with Crippen LogP contribution in [0.1, 0.15) is 20.8 Å². The molecule has 0 aromatic carbocycles. The Hall–Kier alpha value is -1.08. The summed E-state index contributed by atoms with van der Waals surface area (Å²) in [5.74, 6) is -0.553. The van der Waals surface area contributed by atoms with E-state index in [0.717, 1.165) is 0 Å². The lowest BCUT2D eigenvalue weighted by molar-refractivity contribution is -0.136. The van der Waals surface area contributed by atoms with Gasteiger partial charge in [-0.05, 0) is 20.8 Å². The van der Waals surface area contributed by atoms with E-state index in [1.807, 2.05) is 20.8 Å². The van der Waals surface area contributed by atoms with Gasteiger partial charge >= 0.3 is 5.97 Å². The zero-order valence-electron chi connectivity index (χ0n) is 6.97. The van der Waals surface area contributed by atoms with Crippen LogP contribution in [0.25, 0.3) is 0 Å². The maximum absolute atomic E-state index is 10.6. The number of hydrogen-bond donors (Lipinski definition) is 1. The maximum atomic E-state index is 10.6. The van der Waals surface area contributed by atoms with Gasteiger partial charge < -0.3 is 10.1 Å². The van der Waals surface area contributed by atoms with Gasteiger partial charge in [-0.15, -0.1) is 5.26 Å². The number of hydrogen-bond acceptors (Lipinski definition) is 4. The monoisotopic (exact) mass is 156 g/mol. The van der Waals surface area contributed by atoms with Gasteiger partial charge in [-0.3, -0.25) is 0 Å². The van der Waals surface area contributed by atoms with E-state index in [4.69, 9.17) is 5.26 Å². The summed E-state index contributed by atoms with van der Waals surface area (Å²) in [6.45, 7) is 5.84. The summed E-state index contributed by atoms with van der Waals surface area (Å²) in [5, 5.41) is 10.8. The van der Waals surface area contributed by atoms with Crippen LogP contribution in [0.4, 0.5) is 0 Å². The fourth-order valence-electron chi connectivity index (χ4n) is 0.424. The number of nitrogens with zero attached hydrogens (tertiary/aromatic N) is 1. The van der Waals surface area contributed by atoms with Crippen molar-refractivity contribution >= 4 is 5.97 Å². The van der Waals surface area contributed by atoms with Crippen LogP contribution < -0.4 is 5.32 Å². The fourth-order valence-corrected chi connectivity index (χ4v) is 0.424. The standard InChI is InChI=1S/C7H12N2O2/c1-7(2,3)9-4-6(10)11-5-8/h9H,4H2,1-3H3. The summed E-state index contributed by atoms with van der Waals surface area (Å²) in [6.07, 6.45) is 1.31. The molecule has 0 aliphatic rings. The van der Waals surface area contributed by atoms with E-state index >= 15 is 0 Å². The molecule has 62 valence electrons. The molecule has 1 N–H and O–H groups in total. The summed E-state index contributed by atoms with van der Waals surface area (Å²) in [7, 11) is 0. The molecule has 0 amide bonds. The first-order valence-electron chi connectivity index (χ1n) is 3.29. The van der Waals surface area contributed by atoms with Crippen LogP contribution in [0.15, 0.2) is 0 Å². The molecule has 0 unspecified atom stereocenters. The van der Waals surface area contributed by atoms with E-state index in [1.165, 1.54) is 6.26 Å². The lowest BCUT2D eigenvalue weighted by Crippen LogP contribution is -2.39. The van der Waals surface area contributed by atoms with Crippen LogP contribution >= 0.6 is 0 Å². The average molecular weight is 156 g/mol. The van der Waals surface area contributed by atoms with Gasteiger partial charge in [0.1, 0.15) is 0 Å². The Kier molecular flexibility index (Phi) is 3.55. The first-order valence-corrected chi connectivity index (χ1v) is 3.29. The van der Waals surface area contributed by atoms with Gasteiger partial charge in [0, 0.05) is 5.54 Å². The maximum Gasteiger partial charge on any atom is 0.335 e. The van der Waals surface area contributed by atoms with Crippen LogP contribution in [0.5, 0.6) is 0 Å². The molecular weight excluding hydrogens is 144 g/mol. The highest BCUT2D eigenvalue weighted by Crippen LogP contribution is 1.96. The third-order valence-electron chi connectivity index (χ3n) is 0.923. The van der Waals surface area contributed by atoms with Gasteiger partial charge in [0.25, 0.3) is 6.26 Å². The summed E-state index contributed by atoms with van der Waals surface area (Å²) < 4.78 is 4.04. The van der Waals surface area contributed by atoms with Crippen LogP contribution in [0, 0.1) is 11.5 Å². The molecule has 0 saturated carbocycles. The third kappa shape index (κ3) is 6.81. The van der Waals surface area contributed by atoms with Crippen molar-refractivity contribution in [1.29, 1.82) is 5.26 Å². The Morgan fingerprint density at radius 1 is 1.64 bits per heavy atom. The number of nitriles is 1. The van der Waals surface area contributed by atoms with E-state index in [2.05, 4.69) is 10.1 Å². The van der Waals surface area contributed by atoms with Gasteiger partial charge in [0.15, 0.2) is 0 Å². The van der Waals surface area contributed by atoms with Crippen molar-refractivity contribution in [2.75, 3.05) is 6.54 Å². The van der Waals surface area contributed by atoms with Crippen molar-refractivity contribution in [3.63, 3.8) is 0 Å². The Morgan fingerprint density at radius 2 is 2.18 bits per heavy atom. The quantitative estimate of drug-likeness (QED) is 0.464. The number of ether oxygens (including phenoxy) is 1. The highest BCUT2D eigenvalue weighted by atomic mass is 16.5. The number of esters is 1. The summed E-state index contributed by atoms with van der Waals surface area (Å²) in [4.78, 5) is 10.6. The first-order chi connectivity index (χ1) is 4.95. The number of carbonyl (C=O) groups is 1. The van der Waals surface area contributed by atoms with E-state index < -0.39 is 5.97 Å². The average Bonchev–Trinajstić information content (AvgIpc) is 1.83. The van der Waals surface area contributed by atoms with Gasteiger partial charge in [-0.1, -0.05) is 0 Å². The normalized spacial score (nSPS) is 10.4. The molecule has 0 aromatic heterocycles. The van der Waals surface area contributed by atoms with Gasteiger partial charge in [-0.2, -0.15) is 0 Å². The summed E-state index contributed by atoms with van der Waals surface area (Å²) >= 11 is 0. The van der Waals surface area contributed by atoms with Gasteiger partial charge in [0.05, 0.1) is 6.54 Å². The largest absolute Gasteiger partial charge is 0.350 e. The smallest absolute Gasteiger partial charge is 0.335 e. The zero-order chi connectivity index (χ0) is 8.91. The number of carbonyl (C=O) groups excluding carboxylic acids is 1. The minimum Gasteiger partial charge on any atom is -0.350 e. The predicted molar refractivity (Wildman–Crippen MR) is 39.5 cm³/mol. The highest BCUT2D eigenvalue weighted by molar-refractivity contribution is 5.72. The molecule has 0 radical (unpaired) electrons. The van der Waals surface area contributed by atoms with Crippen LogP contribution in [-0.2, 0) is 9.53 Å². The SMILES string of the molecule is CC(C)(C)NCC(=O)OC#N. The molecule has 0 spiro atoms. The Bertz CT molecular complexity index is 176. The molecule has 11 heavy (non-hydrogen) atoms. The van der Waals surface area contributed by atoms with E-state index in [1.54, 1.807) is 0 Å². The first kappa shape index (κ1) is 9.92. The third-order valence-corrected chi connectivity index (χ3v) is 0.923. The van der Waals surface area contributed by atoms with Crippen molar-refractivity contribution in [1.82, 2.24) is 5.32 Å². The van der Waals surface area contributed by atoms with Crippen molar-refractivity contribution in [2.45, 2.75) is 26.3 Å². The molecule has 0 aliphatic heterocycles. The molecule has 0 bridgehead atoms. The lowest BCUT2D eigenvalue weighted by Gasteiger charge is -2.18. The molecule has 4 nitrogen and oxygen atoms in total. The van der Waals surface area contributed by atoms with Crippen LogP contribution in [0.3, 0.4) is 0 Å². The van der Waals surface area contributed by atoms with E-state index in [0.29, 0.717) is 0 Å². The lowest BCUT2D eigenvalue weighted by atomic mass is 10.1. The van der Waals surface area contributed by atoms with Crippen molar-refractivity contribution in [2.24, 2.45) is 0 Å². The molecule has 0 rings (SSSR count). The van der Waals surface area contributed by atoms with Crippen molar-refractivity contribution in [3.05, 3.63) is 0 Å². The van der Waals surface area contributed by atoms with Gasteiger partial charge in [-0.25, -0.2) is 4.79 Å². The molecule has 0 heterocycles. The molecule has 0 aliphatic carbocycles. The molecule has 0 aromatic rings. The number of rotatable bonds is 2. The second kappa shape index (κ2) is 3.94. The minimum atomic E-state index is -0.553. The topological polar surface area (TPSA) is 62.1 Å². The van der Waals surface area contributed by atoms with Gasteiger partial charge in [0.2, 0.25) is 0 Å². The van der Waals surface area contributed by atoms with E-state index in [9.17, 15) is 4.79 Å². The second-order valence-electron chi connectivity index (χ2n) is 3.17. The molecular formula is C7H12N2O2. The van der Waals surface area contributed by atoms with Crippen molar-refractivity contribution in [3.8, 4) is 6.26 Å². The zero-order valence-corrected chi connectivity index (χ0v) is 6.97. The second-order valence-corrected chi connectivity index (χ2v) is 3.17. The summed E-state index contributed by atoms with van der Waals surface area (Å²) in [5.41, 5.74) is -0.130. The van der Waals surface area contributed by atoms with E-state index in [-0.39, 0.29) is 12.1 Å². The Balaban J connectivity index is 3.57. The molecule has 0 atom stereocenters. The van der Waals surface area contributed by atoms with Crippen molar-refractivity contribution < 1.29 is 9.53 Å².